The molecule has 0 spiro atoms. The SMILES string of the molecule is CC(C)N(CCO)CCCCCCCCCS. The lowest BCUT2D eigenvalue weighted by Crippen LogP contribution is -2.34. The van der Waals surface area contributed by atoms with Gasteiger partial charge in [-0.05, 0) is 39.0 Å². The van der Waals surface area contributed by atoms with E-state index in [2.05, 4.69) is 31.4 Å². The first kappa shape index (κ1) is 17.3. The Kier molecular flexibility index (Phi) is 12.9. The predicted octanol–water partition coefficient (Wildman–Crippen LogP) is 3.35. The number of nitrogens with zero attached hydrogens (tertiary/aromatic N) is 1. The van der Waals surface area contributed by atoms with Gasteiger partial charge in [0.2, 0.25) is 0 Å². The molecule has 0 aliphatic carbocycles. The number of rotatable bonds is 12. The Morgan fingerprint density at radius 3 is 1.88 bits per heavy atom. The summed E-state index contributed by atoms with van der Waals surface area (Å²) < 4.78 is 0. The maximum absolute atomic E-state index is 8.96. The van der Waals surface area contributed by atoms with Crippen molar-refractivity contribution in [2.24, 2.45) is 0 Å². The molecule has 0 saturated heterocycles. The van der Waals surface area contributed by atoms with Crippen molar-refractivity contribution < 1.29 is 5.11 Å². The van der Waals surface area contributed by atoms with Crippen LogP contribution in [0.4, 0.5) is 0 Å². The Balaban J connectivity index is 3.30. The van der Waals surface area contributed by atoms with E-state index in [1.807, 2.05) is 0 Å². The van der Waals surface area contributed by atoms with Crippen LogP contribution in [0.3, 0.4) is 0 Å². The van der Waals surface area contributed by atoms with Crippen molar-refractivity contribution in [3.63, 3.8) is 0 Å². The molecule has 1 N–H and O–H groups in total. The number of aliphatic hydroxyl groups is 1. The second-order valence-electron chi connectivity index (χ2n) is 5.05. The standard InChI is InChI=1S/C14H31NOS/c1-14(2)15(11-12-16)10-8-6-4-3-5-7-9-13-17/h14,16-17H,3-13H2,1-2H3. The fraction of sp³-hybridized carbons (Fsp3) is 1.00. The van der Waals surface area contributed by atoms with Gasteiger partial charge >= 0.3 is 0 Å². The molecule has 2 nitrogen and oxygen atoms in total. The molecule has 0 saturated carbocycles. The number of unbranched alkanes of at least 4 members (excludes halogenated alkanes) is 6. The number of thiol groups is 1. The van der Waals surface area contributed by atoms with Crippen LogP contribution in [0, 0.1) is 0 Å². The maximum Gasteiger partial charge on any atom is 0.0558 e. The van der Waals surface area contributed by atoms with Crippen molar-refractivity contribution in [1.82, 2.24) is 4.90 Å². The van der Waals surface area contributed by atoms with E-state index in [4.69, 9.17) is 5.11 Å². The monoisotopic (exact) mass is 261 g/mol. The summed E-state index contributed by atoms with van der Waals surface area (Å²) in [5, 5.41) is 8.96. The van der Waals surface area contributed by atoms with Crippen LogP contribution in [0.2, 0.25) is 0 Å². The fourth-order valence-electron chi connectivity index (χ4n) is 2.07. The lowest BCUT2D eigenvalue weighted by molar-refractivity contribution is 0.163. The number of hydrogen-bond acceptors (Lipinski definition) is 3. The minimum absolute atomic E-state index is 0.280. The average molecular weight is 261 g/mol. The van der Waals surface area contributed by atoms with E-state index in [1.165, 1.54) is 44.9 Å². The van der Waals surface area contributed by atoms with Gasteiger partial charge in [-0.3, -0.25) is 4.90 Å². The molecule has 0 aromatic rings. The Bertz CT molecular complexity index is 153. The molecule has 17 heavy (non-hydrogen) atoms. The highest BCUT2D eigenvalue weighted by Crippen LogP contribution is 2.09. The van der Waals surface area contributed by atoms with Crippen LogP contribution in [0.1, 0.15) is 58.8 Å². The average Bonchev–Trinajstić information content (AvgIpc) is 2.31. The molecule has 0 aliphatic rings. The highest BCUT2D eigenvalue weighted by atomic mass is 32.1. The van der Waals surface area contributed by atoms with Crippen LogP contribution in [-0.2, 0) is 0 Å². The third-order valence-corrected chi connectivity index (χ3v) is 3.54. The molecule has 0 amide bonds. The van der Waals surface area contributed by atoms with E-state index in [9.17, 15) is 0 Å². The fourth-order valence-corrected chi connectivity index (χ4v) is 2.29. The van der Waals surface area contributed by atoms with Gasteiger partial charge in [0, 0.05) is 12.6 Å². The Morgan fingerprint density at radius 2 is 1.41 bits per heavy atom. The van der Waals surface area contributed by atoms with Crippen LogP contribution in [0.5, 0.6) is 0 Å². The Hall–Kier alpha value is 0.270. The number of hydrogen-bond donors (Lipinski definition) is 2. The van der Waals surface area contributed by atoms with Crippen molar-refractivity contribution >= 4 is 12.6 Å². The van der Waals surface area contributed by atoms with Gasteiger partial charge in [-0.25, -0.2) is 0 Å². The van der Waals surface area contributed by atoms with Crippen molar-refractivity contribution in [2.75, 3.05) is 25.4 Å². The van der Waals surface area contributed by atoms with E-state index < -0.39 is 0 Å². The summed E-state index contributed by atoms with van der Waals surface area (Å²) >= 11 is 4.21. The summed E-state index contributed by atoms with van der Waals surface area (Å²) in [5.41, 5.74) is 0. The van der Waals surface area contributed by atoms with Crippen LogP contribution >= 0.6 is 12.6 Å². The molecule has 0 aliphatic heterocycles. The molecule has 0 unspecified atom stereocenters. The zero-order chi connectivity index (χ0) is 12.9. The summed E-state index contributed by atoms with van der Waals surface area (Å²) in [7, 11) is 0. The molecule has 0 rings (SSSR count). The summed E-state index contributed by atoms with van der Waals surface area (Å²) in [6, 6.07) is 0.553. The molecule has 0 atom stereocenters. The lowest BCUT2D eigenvalue weighted by atomic mass is 10.1. The molecule has 104 valence electrons. The maximum atomic E-state index is 8.96. The Labute approximate surface area is 113 Å². The quantitative estimate of drug-likeness (QED) is 0.416. The smallest absolute Gasteiger partial charge is 0.0558 e. The highest BCUT2D eigenvalue weighted by molar-refractivity contribution is 7.80. The largest absolute Gasteiger partial charge is 0.395 e. The predicted molar refractivity (Wildman–Crippen MR) is 80.0 cm³/mol. The van der Waals surface area contributed by atoms with Gasteiger partial charge in [0.15, 0.2) is 0 Å². The van der Waals surface area contributed by atoms with Crippen LogP contribution in [0.25, 0.3) is 0 Å². The van der Waals surface area contributed by atoms with E-state index >= 15 is 0 Å². The van der Waals surface area contributed by atoms with E-state index in [1.54, 1.807) is 0 Å². The molecule has 0 bridgehead atoms. The first-order valence-electron chi connectivity index (χ1n) is 7.18. The third-order valence-electron chi connectivity index (χ3n) is 3.22. The topological polar surface area (TPSA) is 23.5 Å². The van der Waals surface area contributed by atoms with Crippen molar-refractivity contribution in [3.8, 4) is 0 Å². The summed E-state index contributed by atoms with van der Waals surface area (Å²) in [5.74, 6) is 1.03. The first-order valence-corrected chi connectivity index (χ1v) is 7.81. The normalized spacial score (nSPS) is 11.6. The summed E-state index contributed by atoms with van der Waals surface area (Å²) in [4.78, 5) is 2.36. The number of aliphatic hydroxyl groups excluding tert-OH is 1. The van der Waals surface area contributed by atoms with Crippen LogP contribution < -0.4 is 0 Å². The zero-order valence-electron chi connectivity index (χ0n) is 11.7. The van der Waals surface area contributed by atoms with Gasteiger partial charge in [-0.1, -0.05) is 32.1 Å². The summed E-state index contributed by atoms with van der Waals surface area (Å²) in [6.45, 7) is 6.64. The molecule has 0 fully saturated rings. The van der Waals surface area contributed by atoms with E-state index in [0.717, 1.165) is 18.8 Å². The highest BCUT2D eigenvalue weighted by Gasteiger charge is 2.07. The minimum atomic E-state index is 0.280. The lowest BCUT2D eigenvalue weighted by Gasteiger charge is -2.25. The molecule has 0 aromatic carbocycles. The first-order chi connectivity index (χ1) is 8.22. The zero-order valence-corrected chi connectivity index (χ0v) is 12.6. The van der Waals surface area contributed by atoms with Gasteiger partial charge in [0.25, 0.3) is 0 Å². The van der Waals surface area contributed by atoms with Gasteiger partial charge in [-0.15, -0.1) is 0 Å². The van der Waals surface area contributed by atoms with E-state index in [-0.39, 0.29) is 6.61 Å². The van der Waals surface area contributed by atoms with Gasteiger partial charge in [0.05, 0.1) is 6.61 Å². The van der Waals surface area contributed by atoms with Gasteiger partial charge < -0.3 is 5.11 Å². The van der Waals surface area contributed by atoms with Gasteiger partial charge in [-0.2, -0.15) is 12.6 Å². The molecule has 0 radical (unpaired) electrons. The summed E-state index contributed by atoms with van der Waals surface area (Å²) in [6.07, 6.45) is 9.30. The second-order valence-corrected chi connectivity index (χ2v) is 5.50. The third kappa shape index (κ3) is 11.1. The van der Waals surface area contributed by atoms with Crippen molar-refractivity contribution in [2.45, 2.75) is 64.8 Å². The van der Waals surface area contributed by atoms with Crippen molar-refractivity contribution in [1.29, 1.82) is 0 Å². The minimum Gasteiger partial charge on any atom is -0.395 e. The Morgan fingerprint density at radius 1 is 0.882 bits per heavy atom. The second kappa shape index (κ2) is 12.7. The molecular weight excluding hydrogens is 230 g/mol. The van der Waals surface area contributed by atoms with Crippen molar-refractivity contribution in [3.05, 3.63) is 0 Å². The molecule has 0 heterocycles. The van der Waals surface area contributed by atoms with Crippen LogP contribution in [0.15, 0.2) is 0 Å². The van der Waals surface area contributed by atoms with Gasteiger partial charge in [0.1, 0.15) is 0 Å². The molecule has 3 heteroatoms. The molecule has 0 aromatic heterocycles. The molecular formula is C14H31NOS. The van der Waals surface area contributed by atoms with E-state index in [0.29, 0.717) is 6.04 Å². The van der Waals surface area contributed by atoms with Crippen LogP contribution in [-0.4, -0.2) is 41.5 Å².